The van der Waals surface area contributed by atoms with Crippen LogP contribution in [0.25, 0.3) is 6.08 Å². The van der Waals surface area contributed by atoms with Crippen molar-refractivity contribution in [3.8, 4) is 11.5 Å². The summed E-state index contributed by atoms with van der Waals surface area (Å²) in [5.74, 6) is -0.276. The minimum Gasteiger partial charge on any atom is -0.457 e. The average Bonchev–Trinajstić information content (AvgIpc) is 3.20. The largest absolute Gasteiger partial charge is 0.457 e. The lowest BCUT2D eigenvalue weighted by Crippen LogP contribution is -2.46. The first-order valence-electron chi connectivity index (χ1n) is 11.5. The van der Waals surface area contributed by atoms with Crippen molar-refractivity contribution in [2.24, 2.45) is 0 Å². The van der Waals surface area contributed by atoms with Crippen LogP contribution in [0.3, 0.4) is 0 Å². The lowest BCUT2D eigenvalue weighted by Gasteiger charge is -2.23. The molecule has 2 amide bonds. The molecular weight excluding hydrogens is 473 g/mol. The Labute approximate surface area is 205 Å². The van der Waals surface area contributed by atoms with E-state index in [4.69, 9.17) is 9.47 Å². The van der Waals surface area contributed by atoms with Crippen LogP contribution in [0.2, 0.25) is 0 Å². The van der Waals surface area contributed by atoms with Gasteiger partial charge in [0.2, 0.25) is 11.8 Å². The van der Waals surface area contributed by atoms with Crippen molar-refractivity contribution in [3.05, 3.63) is 88.2 Å². The van der Waals surface area contributed by atoms with Gasteiger partial charge in [-0.3, -0.25) is 9.59 Å². The summed E-state index contributed by atoms with van der Waals surface area (Å²) in [7, 11) is 0. The first-order valence-corrected chi connectivity index (χ1v) is 11.5. The van der Waals surface area contributed by atoms with Crippen molar-refractivity contribution < 1.29 is 32.2 Å². The van der Waals surface area contributed by atoms with Gasteiger partial charge in [-0.2, -0.15) is 13.2 Å². The number of allylic oxidation sites excluding steroid dienone is 4. The molecule has 0 radical (unpaired) electrons. The number of ether oxygens (including phenoxy) is 2. The molecule has 2 aliphatic heterocycles. The molecule has 0 bridgehead atoms. The number of halogens is 3. The highest BCUT2D eigenvalue weighted by molar-refractivity contribution is 5.87. The van der Waals surface area contributed by atoms with Crippen molar-refractivity contribution in [2.75, 3.05) is 13.2 Å². The van der Waals surface area contributed by atoms with Gasteiger partial charge in [-0.05, 0) is 59.4 Å². The van der Waals surface area contributed by atoms with Gasteiger partial charge in [-0.1, -0.05) is 36.4 Å². The van der Waals surface area contributed by atoms with Gasteiger partial charge in [-0.15, -0.1) is 0 Å². The number of rotatable bonds is 5. The predicted molar refractivity (Wildman–Crippen MR) is 126 cm³/mol. The molecule has 2 N–H and O–H groups in total. The highest BCUT2D eigenvalue weighted by atomic mass is 19.4. The molecule has 2 saturated heterocycles. The molecule has 0 saturated carbocycles. The van der Waals surface area contributed by atoms with Gasteiger partial charge in [0.05, 0.1) is 24.6 Å². The Morgan fingerprint density at radius 1 is 1.08 bits per heavy atom. The van der Waals surface area contributed by atoms with E-state index in [9.17, 15) is 22.8 Å². The number of fused-ring (bicyclic) bond motifs is 1. The molecule has 2 aromatic carbocycles. The molecule has 9 heteroatoms. The zero-order valence-corrected chi connectivity index (χ0v) is 19.2. The van der Waals surface area contributed by atoms with E-state index in [1.165, 1.54) is 6.07 Å². The van der Waals surface area contributed by atoms with E-state index in [1.54, 1.807) is 36.4 Å². The van der Waals surface area contributed by atoms with Crippen LogP contribution in [0.1, 0.15) is 29.5 Å². The van der Waals surface area contributed by atoms with Crippen LogP contribution in [0.5, 0.6) is 11.5 Å². The number of benzene rings is 2. The molecule has 1 atom stereocenters. The highest BCUT2D eigenvalue weighted by Crippen LogP contribution is 2.39. The smallest absolute Gasteiger partial charge is 0.420 e. The Balaban J connectivity index is 1.32. The van der Waals surface area contributed by atoms with Crippen LogP contribution in [-0.4, -0.2) is 31.1 Å². The van der Waals surface area contributed by atoms with E-state index in [-0.39, 0.29) is 42.4 Å². The fourth-order valence-corrected chi connectivity index (χ4v) is 4.44. The second-order valence-corrected chi connectivity index (χ2v) is 8.92. The lowest BCUT2D eigenvalue weighted by molar-refractivity contribution is -0.138. The van der Waals surface area contributed by atoms with Crippen molar-refractivity contribution in [1.29, 1.82) is 0 Å². The first kappa shape index (κ1) is 23.9. The van der Waals surface area contributed by atoms with Crippen LogP contribution in [0, 0.1) is 0 Å². The van der Waals surface area contributed by atoms with E-state index in [0.29, 0.717) is 25.0 Å². The van der Waals surface area contributed by atoms with Gasteiger partial charge >= 0.3 is 6.18 Å². The van der Waals surface area contributed by atoms with Crippen LogP contribution in [0.4, 0.5) is 13.2 Å². The third kappa shape index (κ3) is 5.52. The molecule has 3 aliphatic rings. The molecule has 2 fully saturated rings. The van der Waals surface area contributed by atoms with E-state index in [2.05, 4.69) is 10.6 Å². The van der Waals surface area contributed by atoms with Gasteiger partial charge in [0, 0.05) is 5.70 Å². The third-order valence-corrected chi connectivity index (χ3v) is 6.08. The van der Waals surface area contributed by atoms with Gasteiger partial charge < -0.3 is 20.1 Å². The summed E-state index contributed by atoms with van der Waals surface area (Å²) >= 11 is 0. The summed E-state index contributed by atoms with van der Waals surface area (Å²) in [4.78, 5) is 23.0. The number of amides is 2. The van der Waals surface area contributed by atoms with Crippen molar-refractivity contribution >= 4 is 17.9 Å². The second-order valence-electron chi connectivity index (χ2n) is 8.92. The van der Waals surface area contributed by atoms with Crippen LogP contribution in [-0.2, 0) is 26.9 Å². The minimum atomic E-state index is -4.61. The quantitative estimate of drug-likeness (QED) is 0.631. The molecule has 1 aliphatic carbocycles. The van der Waals surface area contributed by atoms with Crippen LogP contribution in [0.15, 0.2) is 71.5 Å². The lowest BCUT2D eigenvalue weighted by atomic mass is 9.97. The van der Waals surface area contributed by atoms with E-state index in [1.807, 2.05) is 12.2 Å². The summed E-state index contributed by atoms with van der Waals surface area (Å²) in [6.45, 7) is 0.458. The number of morpholine rings is 1. The molecule has 2 heterocycles. The maximum absolute atomic E-state index is 13.9. The summed E-state index contributed by atoms with van der Waals surface area (Å²) in [6.07, 6.45) is 2.12. The SMILES string of the molecule is O=C1CC2=C/C(=C/c3ccc(Oc4ccc(CC5COCC(=O)N5)cc4)c(C(F)(F)F)c3)CC=C2N1. The first-order chi connectivity index (χ1) is 17.2. The average molecular weight is 496 g/mol. The number of hydrogen-bond donors (Lipinski definition) is 2. The molecule has 186 valence electrons. The fraction of sp³-hybridized carbons (Fsp3) is 0.259. The zero-order chi connectivity index (χ0) is 25.3. The minimum absolute atomic E-state index is 0.0505. The summed E-state index contributed by atoms with van der Waals surface area (Å²) in [5.41, 5.74) is 2.86. The number of hydrogen-bond acceptors (Lipinski definition) is 4. The van der Waals surface area contributed by atoms with Gasteiger partial charge in [0.15, 0.2) is 0 Å². The molecule has 1 unspecified atom stereocenters. The monoisotopic (exact) mass is 496 g/mol. The molecule has 36 heavy (non-hydrogen) atoms. The molecule has 6 nitrogen and oxygen atoms in total. The summed E-state index contributed by atoms with van der Waals surface area (Å²) in [6, 6.07) is 10.5. The van der Waals surface area contributed by atoms with Crippen molar-refractivity contribution in [2.45, 2.75) is 31.5 Å². The fourth-order valence-electron chi connectivity index (χ4n) is 4.44. The van der Waals surface area contributed by atoms with E-state index >= 15 is 0 Å². The number of alkyl halides is 3. The molecule has 0 spiro atoms. The highest BCUT2D eigenvalue weighted by Gasteiger charge is 2.35. The topological polar surface area (TPSA) is 76.7 Å². The van der Waals surface area contributed by atoms with Crippen molar-refractivity contribution in [1.82, 2.24) is 10.6 Å². The Hall–Kier alpha value is -3.85. The van der Waals surface area contributed by atoms with Gasteiger partial charge in [-0.25, -0.2) is 0 Å². The van der Waals surface area contributed by atoms with E-state index < -0.39 is 11.7 Å². The zero-order valence-electron chi connectivity index (χ0n) is 19.2. The number of nitrogens with one attached hydrogen (secondary N) is 2. The molecular formula is C27H23F3N2O4. The predicted octanol–water partition coefficient (Wildman–Crippen LogP) is 4.67. The summed E-state index contributed by atoms with van der Waals surface area (Å²) in [5, 5.41) is 5.61. The van der Waals surface area contributed by atoms with Gasteiger partial charge in [0.25, 0.3) is 0 Å². The Morgan fingerprint density at radius 2 is 1.89 bits per heavy atom. The maximum atomic E-state index is 13.9. The van der Waals surface area contributed by atoms with Gasteiger partial charge in [0.1, 0.15) is 18.1 Å². The van der Waals surface area contributed by atoms with Crippen LogP contribution >= 0.6 is 0 Å². The normalized spacial score (nSPS) is 20.9. The second kappa shape index (κ2) is 9.66. The Bertz CT molecular complexity index is 1290. The number of carbonyl (C=O) groups is 2. The van der Waals surface area contributed by atoms with Crippen molar-refractivity contribution in [3.63, 3.8) is 0 Å². The Kier molecular flexibility index (Phi) is 6.40. The third-order valence-electron chi connectivity index (χ3n) is 6.08. The number of carbonyl (C=O) groups excluding carboxylic acids is 2. The molecule has 2 aromatic rings. The standard InChI is InChI=1S/C27H23F3N2O4/c28-27(29,30)22-12-18(9-17-3-7-23-19(10-17)13-25(33)32-23)4-8-24(22)36-21-5-1-16(2-6-21)11-20-14-35-15-26(34)31-20/h1-2,4-10,12,20H,3,11,13-15H2,(H,31,34)(H,32,33)/b17-9+. The van der Waals surface area contributed by atoms with Crippen LogP contribution < -0.4 is 15.4 Å². The molecule has 5 rings (SSSR count). The van der Waals surface area contributed by atoms with E-state index in [0.717, 1.165) is 28.5 Å². The summed E-state index contributed by atoms with van der Waals surface area (Å²) < 4.78 is 52.4. The maximum Gasteiger partial charge on any atom is 0.420 e. The molecule has 0 aromatic heterocycles. The Morgan fingerprint density at radius 3 is 2.64 bits per heavy atom.